The lowest BCUT2D eigenvalue weighted by atomic mass is 10.7. The molecule has 0 aromatic rings. The van der Waals surface area contributed by atoms with Gasteiger partial charge in [0.1, 0.15) is 6.61 Å². The van der Waals surface area contributed by atoms with E-state index in [0.29, 0.717) is 0 Å². The molecule has 0 saturated carbocycles. The summed E-state index contributed by atoms with van der Waals surface area (Å²) in [5.74, 6) is -0.512. The van der Waals surface area contributed by atoms with E-state index >= 15 is 0 Å². The molecule has 0 aromatic carbocycles. The number of carbonyl (C=O) groups excluding carboxylic acids is 1. The number of esters is 1. The van der Waals surface area contributed by atoms with Crippen molar-refractivity contribution in [2.24, 2.45) is 0 Å². The molecule has 0 bridgehead atoms. The molecule has 7 heteroatoms. The van der Waals surface area contributed by atoms with Gasteiger partial charge in [0.15, 0.2) is 6.61 Å². The summed E-state index contributed by atoms with van der Waals surface area (Å²) >= 11 is 5.53. The molecule has 0 aliphatic heterocycles. The van der Waals surface area contributed by atoms with Crippen LogP contribution in [-0.2, 0) is 18.6 Å². The maximum Gasteiger partial charge on any atom is 0.332 e. The molecule has 0 rings (SSSR count). The number of hydrogen-bond acceptors (Lipinski definition) is 4. The normalized spacial score (nSPS) is 11.8. The molecule has 0 fully saturated rings. The highest BCUT2D eigenvalue weighted by atomic mass is 35.7. The Bertz CT molecular complexity index is 196. The summed E-state index contributed by atoms with van der Waals surface area (Å²) in [4.78, 5) is 13.6. The van der Waals surface area contributed by atoms with Gasteiger partial charge < -0.3 is 18.6 Å². The predicted octanol–water partition coefficient (Wildman–Crippen LogP) is 1.58. The summed E-state index contributed by atoms with van der Waals surface area (Å²) in [7, 11) is -0.350. The second-order valence-corrected chi connectivity index (χ2v) is 3.55. The smallest absolute Gasteiger partial charge is 0.332 e. The lowest BCUT2D eigenvalue weighted by Crippen LogP contribution is -2.07. The van der Waals surface area contributed by atoms with E-state index in [4.69, 9.17) is 26.9 Å². The Hall–Kier alpha value is -0.400. The van der Waals surface area contributed by atoms with Gasteiger partial charge in [-0.2, -0.15) is 0 Å². The van der Waals surface area contributed by atoms with E-state index in [1.165, 1.54) is 7.11 Å². The van der Waals surface area contributed by atoms with Gasteiger partial charge >= 0.3 is 5.97 Å². The third kappa shape index (κ3) is 7.94. The third-order valence-corrected chi connectivity index (χ3v) is 2.21. The van der Waals surface area contributed by atoms with E-state index in [2.05, 4.69) is 9.58 Å². The van der Waals surface area contributed by atoms with Crippen LogP contribution in [0.4, 0.5) is 0 Å². The van der Waals surface area contributed by atoms with Gasteiger partial charge in [-0.15, -0.1) is 0 Å². The summed E-state index contributed by atoms with van der Waals surface area (Å²) in [6, 6.07) is 0. The fourth-order valence-electron chi connectivity index (χ4n) is 0.358. The van der Waals surface area contributed by atoms with Crippen LogP contribution >= 0.6 is 19.0 Å². The first-order valence-electron chi connectivity index (χ1n) is 3.32. The van der Waals surface area contributed by atoms with Crippen molar-refractivity contribution < 1.29 is 18.6 Å². The second-order valence-electron chi connectivity index (χ2n) is 1.78. The minimum absolute atomic E-state index is 0.208. The fourth-order valence-corrected chi connectivity index (χ4v) is 1.22. The highest BCUT2D eigenvalue weighted by molar-refractivity contribution is 7.76. The molecule has 0 aromatic heterocycles. The van der Waals surface area contributed by atoms with Gasteiger partial charge in [0, 0.05) is 0 Å². The fraction of sp³-hybridized carbons (Fsp3) is 0.667. The summed E-state index contributed by atoms with van der Waals surface area (Å²) in [5, 5.41) is 0. The Morgan fingerprint density at radius 2 is 2.31 bits per heavy atom. The number of carbonyl (C=O) groups is 1. The Labute approximate surface area is 82.4 Å². The van der Waals surface area contributed by atoms with Crippen molar-refractivity contribution in [1.82, 2.24) is 0 Å². The molecule has 0 saturated heterocycles. The zero-order chi connectivity index (χ0) is 10.1. The SMILES string of the molecule is [C-]#[N+]CCOP(Cl)OCC(=O)OC. The molecule has 5 nitrogen and oxygen atoms in total. The van der Waals surface area contributed by atoms with Gasteiger partial charge in [-0.1, -0.05) is 0 Å². The Balaban J connectivity index is 3.35. The Kier molecular flexibility index (Phi) is 7.96. The van der Waals surface area contributed by atoms with E-state index in [9.17, 15) is 4.79 Å². The van der Waals surface area contributed by atoms with E-state index in [1.807, 2.05) is 0 Å². The van der Waals surface area contributed by atoms with Gasteiger partial charge in [0.2, 0.25) is 6.54 Å². The van der Waals surface area contributed by atoms with Crippen LogP contribution in [0.5, 0.6) is 0 Å². The lowest BCUT2D eigenvalue weighted by molar-refractivity contribution is -0.142. The average molecular weight is 226 g/mol. The van der Waals surface area contributed by atoms with E-state index < -0.39 is 13.7 Å². The zero-order valence-corrected chi connectivity index (χ0v) is 8.68. The highest BCUT2D eigenvalue weighted by Crippen LogP contribution is 2.43. The van der Waals surface area contributed by atoms with Crippen molar-refractivity contribution in [3.8, 4) is 0 Å². The molecule has 0 aliphatic carbocycles. The van der Waals surface area contributed by atoms with Crippen molar-refractivity contribution in [3.05, 3.63) is 11.4 Å². The summed E-state index contributed by atoms with van der Waals surface area (Å²) in [6.07, 6.45) is 0. The number of ether oxygens (including phenoxy) is 1. The maximum absolute atomic E-state index is 10.5. The van der Waals surface area contributed by atoms with Gasteiger partial charge in [-0.3, -0.25) is 0 Å². The van der Waals surface area contributed by atoms with Crippen LogP contribution in [0.1, 0.15) is 0 Å². The van der Waals surface area contributed by atoms with Crippen molar-refractivity contribution in [2.75, 3.05) is 26.9 Å². The van der Waals surface area contributed by atoms with Crippen molar-refractivity contribution in [3.63, 3.8) is 0 Å². The first-order valence-corrected chi connectivity index (χ1v) is 5.40. The van der Waals surface area contributed by atoms with Crippen LogP contribution in [0, 0.1) is 6.57 Å². The second kappa shape index (κ2) is 8.21. The van der Waals surface area contributed by atoms with Crippen molar-refractivity contribution in [1.29, 1.82) is 0 Å². The third-order valence-electron chi connectivity index (χ3n) is 0.907. The first kappa shape index (κ1) is 12.6. The molecule has 0 spiro atoms. The molecule has 1 atom stereocenters. The van der Waals surface area contributed by atoms with Gasteiger partial charge in [0.05, 0.1) is 7.11 Å². The molecular formula is C6H9ClNO4P. The molecule has 74 valence electrons. The Morgan fingerprint density at radius 3 is 2.85 bits per heavy atom. The quantitative estimate of drug-likeness (QED) is 0.298. The standard InChI is InChI=1S/C6H9ClNO4P/c1-8-3-4-11-13(7)12-5-6(9)10-2/h3-5H2,2H3. The molecule has 0 aliphatic rings. The van der Waals surface area contributed by atoms with E-state index in [1.54, 1.807) is 0 Å². The molecule has 0 N–H and O–H groups in total. The summed E-state index contributed by atoms with van der Waals surface area (Å²) < 4.78 is 13.9. The van der Waals surface area contributed by atoms with Gasteiger partial charge in [-0.05, 0) is 11.2 Å². The molecule has 0 heterocycles. The monoisotopic (exact) mass is 225 g/mol. The molecule has 1 unspecified atom stereocenters. The minimum Gasteiger partial charge on any atom is -0.467 e. The number of methoxy groups -OCH3 is 1. The van der Waals surface area contributed by atoms with Crippen LogP contribution in [0.15, 0.2) is 0 Å². The number of halogens is 1. The number of nitrogens with zero attached hydrogens (tertiary/aromatic N) is 1. The van der Waals surface area contributed by atoms with Crippen molar-refractivity contribution in [2.45, 2.75) is 0 Å². The van der Waals surface area contributed by atoms with Crippen LogP contribution in [0.2, 0.25) is 0 Å². The minimum atomic E-state index is -1.60. The maximum atomic E-state index is 10.5. The average Bonchev–Trinajstić information content (AvgIpc) is 2.14. The van der Waals surface area contributed by atoms with Gasteiger partial charge in [0.25, 0.3) is 7.73 Å². The molecule has 0 amide bonds. The topological polar surface area (TPSA) is 49.1 Å². The predicted molar refractivity (Wildman–Crippen MR) is 48.2 cm³/mol. The Morgan fingerprint density at radius 1 is 1.62 bits per heavy atom. The lowest BCUT2D eigenvalue weighted by Gasteiger charge is -2.06. The molecule has 13 heavy (non-hydrogen) atoms. The van der Waals surface area contributed by atoms with E-state index in [-0.39, 0.29) is 19.8 Å². The summed E-state index contributed by atoms with van der Waals surface area (Å²) in [5.41, 5.74) is 0. The van der Waals surface area contributed by atoms with Gasteiger partial charge in [-0.25, -0.2) is 11.4 Å². The molecule has 0 radical (unpaired) electrons. The van der Waals surface area contributed by atoms with Crippen LogP contribution in [-0.4, -0.2) is 32.8 Å². The van der Waals surface area contributed by atoms with Crippen LogP contribution < -0.4 is 0 Å². The van der Waals surface area contributed by atoms with Crippen LogP contribution in [0.3, 0.4) is 0 Å². The zero-order valence-electron chi connectivity index (χ0n) is 7.03. The van der Waals surface area contributed by atoms with E-state index in [0.717, 1.165) is 0 Å². The van der Waals surface area contributed by atoms with Crippen LogP contribution in [0.25, 0.3) is 4.85 Å². The largest absolute Gasteiger partial charge is 0.467 e. The summed E-state index contributed by atoms with van der Waals surface area (Å²) in [6.45, 7) is 6.65. The molecular weight excluding hydrogens is 216 g/mol. The van der Waals surface area contributed by atoms with Crippen molar-refractivity contribution >= 4 is 24.9 Å². The number of hydrogen-bond donors (Lipinski definition) is 0. The first-order chi connectivity index (χ1) is 6.20. The number of rotatable bonds is 6. The highest BCUT2D eigenvalue weighted by Gasteiger charge is 2.10.